The predicted octanol–water partition coefficient (Wildman–Crippen LogP) is 5.16. The summed E-state index contributed by atoms with van der Waals surface area (Å²) in [6, 6.07) is 0.821. The van der Waals surface area contributed by atoms with Gasteiger partial charge in [-0.15, -0.1) is 0 Å². The molecule has 1 rings (SSSR count). The Kier molecular flexibility index (Phi) is 7.81. The summed E-state index contributed by atoms with van der Waals surface area (Å²) in [4.78, 5) is 0. The van der Waals surface area contributed by atoms with Crippen LogP contribution < -0.4 is 5.32 Å². The molecule has 0 amide bonds. The lowest BCUT2D eigenvalue weighted by atomic mass is 10.1. The van der Waals surface area contributed by atoms with Gasteiger partial charge in [-0.25, -0.2) is 0 Å². The van der Waals surface area contributed by atoms with Crippen LogP contribution in [-0.2, 0) is 0 Å². The molecule has 0 atom stereocenters. The normalized spacial score (nSPS) is 16.6. The highest BCUT2D eigenvalue weighted by molar-refractivity contribution is 5.06. The first-order valence-electron chi connectivity index (χ1n) is 7.76. The van der Waals surface area contributed by atoms with E-state index < -0.39 is 0 Å². The Hall–Kier alpha value is -0.820. The number of rotatable bonds is 9. The van der Waals surface area contributed by atoms with Crippen molar-refractivity contribution in [3.8, 4) is 0 Å². The summed E-state index contributed by atoms with van der Waals surface area (Å²) >= 11 is 0. The third kappa shape index (κ3) is 9.72. The molecule has 1 heteroatoms. The molecule has 1 fully saturated rings. The number of allylic oxidation sites excluding steroid dienone is 5. The van der Waals surface area contributed by atoms with Gasteiger partial charge in [0.25, 0.3) is 0 Å². The molecule has 0 aromatic rings. The molecule has 0 unspecified atom stereocenters. The second kappa shape index (κ2) is 9.14. The minimum absolute atomic E-state index is 0.821. The van der Waals surface area contributed by atoms with Gasteiger partial charge in [0.2, 0.25) is 0 Å². The quantitative estimate of drug-likeness (QED) is 0.565. The Labute approximate surface area is 119 Å². The van der Waals surface area contributed by atoms with Crippen LogP contribution in [0.3, 0.4) is 0 Å². The minimum atomic E-state index is 0.821. The Morgan fingerprint density at radius 2 is 1.47 bits per heavy atom. The molecule has 1 aliphatic carbocycles. The lowest BCUT2D eigenvalue weighted by Gasteiger charge is -2.02. The van der Waals surface area contributed by atoms with Crippen LogP contribution in [0.5, 0.6) is 0 Å². The summed E-state index contributed by atoms with van der Waals surface area (Å²) in [5.41, 5.74) is 4.47. The van der Waals surface area contributed by atoms with Crippen LogP contribution in [0.25, 0.3) is 0 Å². The SMILES string of the molecule is CC(C)=CCC/C(C)=C/CC/C(C)=C/CNC1CC1. The monoisotopic (exact) mass is 261 g/mol. The summed E-state index contributed by atoms with van der Waals surface area (Å²) in [7, 11) is 0. The Morgan fingerprint density at radius 3 is 2.05 bits per heavy atom. The van der Waals surface area contributed by atoms with E-state index in [0.29, 0.717) is 0 Å². The van der Waals surface area contributed by atoms with Crippen molar-refractivity contribution in [1.29, 1.82) is 0 Å². The molecule has 0 saturated heterocycles. The van der Waals surface area contributed by atoms with Crippen LogP contribution >= 0.6 is 0 Å². The predicted molar refractivity (Wildman–Crippen MR) is 86.4 cm³/mol. The fourth-order valence-corrected chi connectivity index (χ4v) is 2.03. The first-order chi connectivity index (χ1) is 9.08. The van der Waals surface area contributed by atoms with Gasteiger partial charge < -0.3 is 5.32 Å². The molecule has 0 bridgehead atoms. The largest absolute Gasteiger partial charge is 0.311 e. The first-order valence-corrected chi connectivity index (χ1v) is 7.76. The van der Waals surface area contributed by atoms with Gasteiger partial charge in [-0.3, -0.25) is 0 Å². The van der Waals surface area contributed by atoms with E-state index >= 15 is 0 Å². The Balaban J connectivity index is 2.10. The minimum Gasteiger partial charge on any atom is -0.311 e. The molecule has 0 aromatic heterocycles. The van der Waals surface area contributed by atoms with E-state index in [1.54, 1.807) is 0 Å². The molecule has 19 heavy (non-hydrogen) atoms. The standard InChI is InChI=1S/C18H31N/c1-15(2)7-5-8-16(3)9-6-10-17(4)13-14-19-18-11-12-18/h7,9,13,18-19H,5-6,8,10-12,14H2,1-4H3/b16-9+,17-13+. The molecule has 1 aliphatic rings. The maximum atomic E-state index is 3.53. The lowest BCUT2D eigenvalue weighted by Crippen LogP contribution is -2.15. The summed E-state index contributed by atoms with van der Waals surface area (Å²) < 4.78 is 0. The van der Waals surface area contributed by atoms with Crippen molar-refractivity contribution < 1.29 is 0 Å². The highest BCUT2D eigenvalue weighted by atomic mass is 14.9. The topological polar surface area (TPSA) is 12.0 Å². The summed E-state index contributed by atoms with van der Waals surface area (Å²) in [5.74, 6) is 0. The average Bonchev–Trinajstić information content (AvgIpc) is 3.12. The molecule has 0 aromatic carbocycles. The van der Waals surface area contributed by atoms with Crippen molar-refractivity contribution in [1.82, 2.24) is 5.32 Å². The maximum absolute atomic E-state index is 3.53. The van der Waals surface area contributed by atoms with Gasteiger partial charge in [0.05, 0.1) is 0 Å². The molecule has 1 nitrogen and oxygen atoms in total. The fraction of sp³-hybridized carbons (Fsp3) is 0.667. The molecular formula is C18H31N. The average molecular weight is 261 g/mol. The van der Waals surface area contributed by atoms with E-state index in [-0.39, 0.29) is 0 Å². The van der Waals surface area contributed by atoms with Crippen molar-refractivity contribution in [2.24, 2.45) is 0 Å². The van der Waals surface area contributed by atoms with Crippen LogP contribution in [-0.4, -0.2) is 12.6 Å². The molecule has 0 aliphatic heterocycles. The van der Waals surface area contributed by atoms with E-state index in [0.717, 1.165) is 12.6 Å². The zero-order valence-electron chi connectivity index (χ0n) is 13.3. The van der Waals surface area contributed by atoms with Gasteiger partial charge in [-0.05, 0) is 66.2 Å². The van der Waals surface area contributed by atoms with Gasteiger partial charge >= 0.3 is 0 Å². The third-order valence-electron chi connectivity index (χ3n) is 3.56. The van der Waals surface area contributed by atoms with E-state index in [1.165, 1.54) is 55.2 Å². The second-order valence-corrected chi connectivity index (χ2v) is 6.14. The molecule has 0 heterocycles. The van der Waals surface area contributed by atoms with Gasteiger partial charge in [-0.2, -0.15) is 0 Å². The van der Waals surface area contributed by atoms with Crippen molar-refractivity contribution in [2.45, 2.75) is 72.3 Å². The van der Waals surface area contributed by atoms with Gasteiger partial charge in [-0.1, -0.05) is 34.9 Å². The lowest BCUT2D eigenvalue weighted by molar-refractivity contribution is 0.747. The highest BCUT2D eigenvalue weighted by Gasteiger charge is 2.18. The van der Waals surface area contributed by atoms with Crippen LogP contribution in [0.2, 0.25) is 0 Å². The second-order valence-electron chi connectivity index (χ2n) is 6.14. The number of hydrogen-bond acceptors (Lipinski definition) is 1. The van der Waals surface area contributed by atoms with Crippen LogP contribution in [0.4, 0.5) is 0 Å². The molecule has 0 spiro atoms. The fourth-order valence-electron chi connectivity index (χ4n) is 2.03. The van der Waals surface area contributed by atoms with E-state index in [9.17, 15) is 0 Å². The maximum Gasteiger partial charge on any atom is 0.0140 e. The third-order valence-corrected chi connectivity index (χ3v) is 3.56. The first kappa shape index (κ1) is 16.2. The summed E-state index contributed by atoms with van der Waals surface area (Å²) in [6.07, 6.45) is 14.6. The van der Waals surface area contributed by atoms with Gasteiger partial charge in [0.15, 0.2) is 0 Å². The molecule has 1 N–H and O–H groups in total. The zero-order chi connectivity index (χ0) is 14.1. The van der Waals surface area contributed by atoms with Crippen LogP contribution in [0.15, 0.2) is 34.9 Å². The molecule has 0 radical (unpaired) electrons. The van der Waals surface area contributed by atoms with E-state index in [4.69, 9.17) is 0 Å². The zero-order valence-corrected chi connectivity index (χ0v) is 13.3. The van der Waals surface area contributed by atoms with E-state index in [1.807, 2.05) is 0 Å². The van der Waals surface area contributed by atoms with Crippen LogP contribution in [0.1, 0.15) is 66.2 Å². The van der Waals surface area contributed by atoms with Crippen molar-refractivity contribution in [2.75, 3.05) is 6.54 Å². The van der Waals surface area contributed by atoms with Crippen molar-refractivity contribution in [3.05, 3.63) is 34.9 Å². The highest BCUT2D eigenvalue weighted by Crippen LogP contribution is 2.18. The Morgan fingerprint density at radius 1 is 0.895 bits per heavy atom. The number of hydrogen-bond donors (Lipinski definition) is 1. The van der Waals surface area contributed by atoms with E-state index in [2.05, 4.69) is 51.2 Å². The summed E-state index contributed by atoms with van der Waals surface area (Å²) in [6.45, 7) is 9.90. The number of nitrogens with one attached hydrogen (secondary N) is 1. The molecule has 108 valence electrons. The molecular weight excluding hydrogens is 230 g/mol. The Bertz CT molecular complexity index is 339. The molecule has 1 saturated carbocycles. The van der Waals surface area contributed by atoms with Crippen LogP contribution in [0, 0.1) is 0 Å². The van der Waals surface area contributed by atoms with Crippen molar-refractivity contribution >= 4 is 0 Å². The van der Waals surface area contributed by atoms with Gasteiger partial charge in [0, 0.05) is 12.6 Å². The summed E-state index contributed by atoms with van der Waals surface area (Å²) in [5, 5.41) is 3.53. The van der Waals surface area contributed by atoms with Crippen molar-refractivity contribution in [3.63, 3.8) is 0 Å². The smallest absolute Gasteiger partial charge is 0.0140 e. The van der Waals surface area contributed by atoms with Gasteiger partial charge in [0.1, 0.15) is 0 Å².